The third-order valence-electron chi connectivity index (χ3n) is 3.40. The van der Waals surface area contributed by atoms with Crippen LogP contribution in [0.5, 0.6) is 5.75 Å². The standard InChI is InChI=1S/C15H17NO.ClH/c1-2-17-14-8-7-11-5-3-4-6-12(11)15(14)13-9-10-16-13;/h3-8,13,16H,2,9-10H2,1H3;1H/t13-;/m0./s1. The average Bonchev–Trinajstić information content (AvgIpc) is 2.30. The predicted octanol–water partition coefficient (Wildman–Crippen LogP) is 3.69. The van der Waals surface area contributed by atoms with E-state index in [1.54, 1.807) is 0 Å². The molecule has 0 unspecified atom stereocenters. The molecule has 2 nitrogen and oxygen atoms in total. The van der Waals surface area contributed by atoms with E-state index < -0.39 is 0 Å². The first kappa shape index (κ1) is 13.2. The highest BCUT2D eigenvalue weighted by molar-refractivity contribution is 5.88. The fraction of sp³-hybridized carbons (Fsp3) is 0.333. The number of hydrogen-bond donors (Lipinski definition) is 1. The molecule has 2 aromatic carbocycles. The van der Waals surface area contributed by atoms with Gasteiger partial charge in [-0.05, 0) is 36.7 Å². The Balaban J connectivity index is 0.00000120. The fourth-order valence-electron chi connectivity index (χ4n) is 2.45. The molecule has 0 saturated carbocycles. The van der Waals surface area contributed by atoms with Gasteiger partial charge in [0.05, 0.1) is 6.61 Å². The summed E-state index contributed by atoms with van der Waals surface area (Å²) in [5, 5.41) is 6.08. The number of halogens is 1. The van der Waals surface area contributed by atoms with Crippen LogP contribution in [0, 0.1) is 0 Å². The molecule has 1 N–H and O–H groups in total. The lowest BCUT2D eigenvalue weighted by Gasteiger charge is -2.30. The zero-order valence-electron chi connectivity index (χ0n) is 10.5. The minimum Gasteiger partial charge on any atom is -0.494 e. The molecule has 1 aliphatic rings. The van der Waals surface area contributed by atoms with Crippen molar-refractivity contribution in [3.8, 4) is 5.75 Å². The highest BCUT2D eigenvalue weighted by atomic mass is 35.5. The highest BCUT2D eigenvalue weighted by Crippen LogP contribution is 2.37. The molecular formula is C15H18ClNO. The summed E-state index contributed by atoms with van der Waals surface area (Å²) in [4.78, 5) is 0. The maximum atomic E-state index is 5.76. The topological polar surface area (TPSA) is 21.3 Å². The summed E-state index contributed by atoms with van der Waals surface area (Å²) in [6.45, 7) is 3.87. The van der Waals surface area contributed by atoms with Gasteiger partial charge in [0.15, 0.2) is 0 Å². The second-order valence-electron chi connectivity index (χ2n) is 4.43. The fourth-order valence-corrected chi connectivity index (χ4v) is 2.45. The normalized spacial score (nSPS) is 17.9. The van der Waals surface area contributed by atoms with Crippen molar-refractivity contribution in [3.63, 3.8) is 0 Å². The first-order chi connectivity index (χ1) is 8.40. The molecule has 1 atom stereocenters. The Morgan fingerprint density at radius 2 is 2.00 bits per heavy atom. The number of hydrogen-bond acceptors (Lipinski definition) is 2. The molecule has 0 radical (unpaired) electrons. The van der Waals surface area contributed by atoms with E-state index in [2.05, 4.69) is 41.7 Å². The van der Waals surface area contributed by atoms with E-state index in [0.717, 1.165) is 18.9 Å². The smallest absolute Gasteiger partial charge is 0.124 e. The molecule has 0 aliphatic carbocycles. The van der Waals surface area contributed by atoms with Crippen LogP contribution in [0.1, 0.15) is 24.9 Å². The Bertz CT molecular complexity index is 537. The maximum absolute atomic E-state index is 5.76. The zero-order valence-corrected chi connectivity index (χ0v) is 11.3. The van der Waals surface area contributed by atoms with Gasteiger partial charge in [0.25, 0.3) is 0 Å². The molecule has 1 heterocycles. The van der Waals surface area contributed by atoms with Crippen LogP contribution >= 0.6 is 12.4 Å². The zero-order chi connectivity index (χ0) is 11.7. The number of nitrogens with one attached hydrogen (secondary N) is 1. The SMILES string of the molecule is CCOc1ccc2ccccc2c1[C@@H]1CCN1.Cl. The molecule has 96 valence electrons. The quantitative estimate of drug-likeness (QED) is 0.912. The van der Waals surface area contributed by atoms with E-state index in [4.69, 9.17) is 4.74 Å². The Hall–Kier alpha value is -1.25. The maximum Gasteiger partial charge on any atom is 0.124 e. The van der Waals surface area contributed by atoms with Crippen molar-refractivity contribution in [1.29, 1.82) is 0 Å². The molecule has 0 amide bonds. The van der Waals surface area contributed by atoms with Crippen LogP contribution < -0.4 is 10.1 Å². The van der Waals surface area contributed by atoms with Crippen LogP contribution in [0.4, 0.5) is 0 Å². The lowest BCUT2D eigenvalue weighted by atomic mass is 9.92. The number of benzene rings is 2. The van der Waals surface area contributed by atoms with Crippen LogP contribution in [-0.2, 0) is 0 Å². The first-order valence-corrected chi connectivity index (χ1v) is 6.28. The Labute approximate surface area is 114 Å². The minimum absolute atomic E-state index is 0. The van der Waals surface area contributed by atoms with E-state index in [1.165, 1.54) is 22.8 Å². The summed E-state index contributed by atoms with van der Waals surface area (Å²) < 4.78 is 5.76. The molecule has 2 aromatic rings. The number of ether oxygens (including phenoxy) is 1. The largest absolute Gasteiger partial charge is 0.494 e. The van der Waals surface area contributed by atoms with Gasteiger partial charge in [-0.25, -0.2) is 0 Å². The molecule has 1 fully saturated rings. The summed E-state index contributed by atoms with van der Waals surface area (Å²) in [6.07, 6.45) is 1.20. The minimum atomic E-state index is 0. The van der Waals surface area contributed by atoms with E-state index in [1.807, 2.05) is 6.92 Å². The van der Waals surface area contributed by atoms with Gasteiger partial charge in [0.2, 0.25) is 0 Å². The third kappa shape index (κ3) is 2.18. The first-order valence-electron chi connectivity index (χ1n) is 6.28. The average molecular weight is 264 g/mol. The summed E-state index contributed by atoms with van der Waals surface area (Å²) >= 11 is 0. The molecule has 0 aromatic heterocycles. The van der Waals surface area contributed by atoms with Gasteiger partial charge in [-0.2, -0.15) is 0 Å². The molecule has 0 spiro atoms. The Morgan fingerprint density at radius 3 is 2.67 bits per heavy atom. The van der Waals surface area contributed by atoms with Crippen LogP contribution in [0.25, 0.3) is 10.8 Å². The summed E-state index contributed by atoms with van der Waals surface area (Å²) in [5.41, 5.74) is 1.33. The van der Waals surface area contributed by atoms with Crippen molar-refractivity contribution in [2.45, 2.75) is 19.4 Å². The van der Waals surface area contributed by atoms with Crippen molar-refractivity contribution in [1.82, 2.24) is 5.32 Å². The monoisotopic (exact) mass is 263 g/mol. The Morgan fingerprint density at radius 1 is 1.22 bits per heavy atom. The lowest BCUT2D eigenvalue weighted by Crippen LogP contribution is -2.35. The highest BCUT2D eigenvalue weighted by Gasteiger charge is 2.24. The van der Waals surface area contributed by atoms with Crippen LogP contribution in [0.15, 0.2) is 36.4 Å². The van der Waals surface area contributed by atoms with Gasteiger partial charge in [-0.3, -0.25) is 0 Å². The molecule has 1 saturated heterocycles. The van der Waals surface area contributed by atoms with Crippen LogP contribution in [-0.4, -0.2) is 13.2 Å². The number of fused-ring (bicyclic) bond motifs is 1. The van der Waals surface area contributed by atoms with Gasteiger partial charge < -0.3 is 10.1 Å². The van der Waals surface area contributed by atoms with Crippen molar-refractivity contribution in [2.24, 2.45) is 0 Å². The van der Waals surface area contributed by atoms with E-state index in [-0.39, 0.29) is 12.4 Å². The third-order valence-corrected chi connectivity index (χ3v) is 3.40. The second-order valence-corrected chi connectivity index (χ2v) is 4.43. The van der Waals surface area contributed by atoms with Gasteiger partial charge in [-0.15, -0.1) is 12.4 Å². The predicted molar refractivity (Wildman–Crippen MR) is 77.7 cm³/mol. The Kier molecular flexibility index (Phi) is 4.10. The molecule has 3 heteroatoms. The van der Waals surface area contributed by atoms with E-state index in [9.17, 15) is 0 Å². The molecule has 18 heavy (non-hydrogen) atoms. The van der Waals surface area contributed by atoms with Gasteiger partial charge in [0.1, 0.15) is 5.75 Å². The molecule has 0 bridgehead atoms. The van der Waals surface area contributed by atoms with Crippen molar-refractivity contribution >= 4 is 23.2 Å². The van der Waals surface area contributed by atoms with Gasteiger partial charge in [-0.1, -0.05) is 30.3 Å². The van der Waals surface area contributed by atoms with Gasteiger partial charge in [0, 0.05) is 11.6 Å². The van der Waals surface area contributed by atoms with Crippen molar-refractivity contribution < 1.29 is 4.74 Å². The second kappa shape index (κ2) is 5.59. The van der Waals surface area contributed by atoms with Crippen molar-refractivity contribution in [2.75, 3.05) is 13.2 Å². The molecule has 3 rings (SSSR count). The lowest BCUT2D eigenvalue weighted by molar-refractivity contribution is 0.317. The van der Waals surface area contributed by atoms with E-state index in [0.29, 0.717) is 6.04 Å². The van der Waals surface area contributed by atoms with Crippen molar-refractivity contribution in [3.05, 3.63) is 42.0 Å². The summed E-state index contributed by atoms with van der Waals surface area (Å²) in [6, 6.07) is 13.2. The summed E-state index contributed by atoms with van der Waals surface area (Å²) in [7, 11) is 0. The van der Waals surface area contributed by atoms with Gasteiger partial charge >= 0.3 is 0 Å². The van der Waals surface area contributed by atoms with Crippen LogP contribution in [0.2, 0.25) is 0 Å². The molecule has 1 aliphatic heterocycles. The van der Waals surface area contributed by atoms with Crippen LogP contribution in [0.3, 0.4) is 0 Å². The molecular weight excluding hydrogens is 246 g/mol. The van der Waals surface area contributed by atoms with E-state index >= 15 is 0 Å². The number of rotatable bonds is 3. The summed E-state index contributed by atoms with van der Waals surface area (Å²) in [5.74, 6) is 1.03.